The fourth-order valence-corrected chi connectivity index (χ4v) is 2.09. The van der Waals surface area contributed by atoms with Crippen molar-refractivity contribution in [1.82, 2.24) is 10.6 Å². The largest absolute Gasteiger partial charge is 0.348 e. The van der Waals surface area contributed by atoms with Gasteiger partial charge in [-0.15, -0.1) is 0 Å². The van der Waals surface area contributed by atoms with E-state index in [-0.39, 0.29) is 11.9 Å². The van der Waals surface area contributed by atoms with Gasteiger partial charge in [0.2, 0.25) is 0 Å². The molecule has 0 aliphatic carbocycles. The molecule has 0 unspecified atom stereocenters. The molecule has 0 aromatic heterocycles. The quantitative estimate of drug-likeness (QED) is 0.804. The molecular formula is C13H18N2O. The Morgan fingerprint density at radius 2 is 2.31 bits per heavy atom. The van der Waals surface area contributed by atoms with Crippen molar-refractivity contribution in [2.24, 2.45) is 0 Å². The van der Waals surface area contributed by atoms with Gasteiger partial charge in [0.1, 0.15) is 0 Å². The minimum Gasteiger partial charge on any atom is -0.348 e. The molecule has 3 heteroatoms. The summed E-state index contributed by atoms with van der Waals surface area (Å²) >= 11 is 0. The lowest BCUT2D eigenvalue weighted by molar-refractivity contribution is 0.0939. The van der Waals surface area contributed by atoms with Gasteiger partial charge in [-0.3, -0.25) is 4.79 Å². The molecule has 1 heterocycles. The van der Waals surface area contributed by atoms with Gasteiger partial charge in [0.25, 0.3) is 5.91 Å². The number of carbonyl (C=O) groups is 1. The van der Waals surface area contributed by atoms with Gasteiger partial charge in [-0.05, 0) is 31.0 Å². The van der Waals surface area contributed by atoms with E-state index in [1.165, 1.54) is 0 Å². The smallest absolute Gasteiger partial charge is 0.251 e. The molecule has 86 valence electrons. The first kappa shape index (κ1) is 11.1. The Kier molecular flexibility index (Phi) is 3.57. The normalized spacial score (nSPS) is 19.7. The number of hydrogen-bond donors (Lipinski definition) is 2. The van der Waals surface area contributed by atoms with Crippen molar-refractivity contribution in [3.63, 3.8) is 0 Å². The lowest BCUT2D eigenvalue weighted by Gasteiger charge is -2.13. The van der Waals surface area contributed by atoms with Crippen molar-refractivity contribution < 1.29 is 4.79 Å². The van der Waals surface area contributed by atoms with Crippen LogP contribution in [0.15, 0.2) is 24.3 Å². The predicted octanol–water partition coefficient (Wildman–Crippen LogP) is 1.34. The van der Waals surface area contributed by atoms with Gasteiger partial charge in [-0.2, -0.15) is 0 Å². The summed E-state index contributed by atoms with van der Waals surface area (Å²) in [4.78, 5) is 12.0. The second kappa shape index (κ2) is 5.12. The highest BCUT2D eigenvalue weighted by atomic mass is 16.1. The molecule has 2 N–H and O–H groups in total. The highest BCUT2D eigenvalue weighted by Gasteiger charge is 2.18. The Balaban J connectivity index is 2.07. The fourth-order valence-electron chi connectivity index (χ4n) is 2.09. The van der Waals surface area contributed by atoms with Crippen LogP contribution in [-0.2, 0) is 6.42 Å². The van der Waals surface area contributed by atoms with Crippen LogP contribution in [0.4, 0.5) is 0 Å². The summed E-state index contributed by atoms with van der Waals surface area (Å²) < 4.78 is 0. The van der Waals surface area contributed by atoms with Gasteiger partial charge >= 0.3 is 0 Å². The predicted molar refractivity (Wildman–Crippen MR) is 64.6 cm³/mol. The first-order valence-corrected chi connectivity index (χ1v) is 5.90. The van der Waals surface area contributed by atoms with E-state index >= 15 is 0 Å². The summed E-state index contributed by atoms with van der Waals surface area (Å²) in [5.74, 6) is 0.0613. The fraction of sp³-hybridized carbons (Fsp3) is 0.462. The molecule has 1 aliphatic rings. The zero-order chi connectivity index (χ0) is 11.4. The third-order valence-electron chi connectivity index (χ3n) is 3.04. The molecule has 1 fully saturated rings. The van der Waals surface area contributed by atoms with Gasteiger partial charge in [-0.25, -0.2) is 0 Å². The molecular weight excluding hydrogens is 200 g/mol. The maximum Gasteiger partial charge on any atom is 0.251 e. The van der Waals surface area contributed by atoms with Crippen LogP contribution in [0.3, 0.4) is 0 Å². The number of benzene rings is 1. The number of aryl methyl sites for hydroxylation is 1. The lowest BCUT2D eigenvalue weighted by Crippen LogP contribution is -2.36. The Hall–Kier alpha value is -1.35. The number of amides is 1. The summed E-state index contributed by atoms with van der Waals surface area (Å²) in [6.07, 6.45) is 1.92. The molecule has 1 aromatic carbocycles. The Bertz CT molecular complexity index is 370. The summed E-state index contributed by atoms with van der Waals surface area (Å²) in [6, 6.07) is 8.10. The molecule has 1 amide bonds. The second-order valence-electron chi connectivity index (χ2n) is 4.17. The van der Waals surface area contributed by atoms with E-state index in [4.69, 9.17) is 0 Å². The van der Waals surface area contributed by atoms with Crippen LogP contribution >= 0.6 is 0 Å². The molecule has 1 atom stereocenters. The number of nitrogens with one attached hydrogen (secondary N) is 2. The number of rotatable bonds is 3. The molecule has 0 spiro atoms. The van der Waals surface area contributed by atoms with Crippen LogP contribution in [0.25, 0.3) is 0 Å². The van der Waals surface area contributed by atoms with E-state index in [9.17, 15) is 4.79 Å². The first-order valence-electron chi connectivity index (χ1n) is 5.90. The van der Waals surface area contributed by atoms with Crippen LogP contribution in [0.2, 0.25) is 0 Å². The van der Waals surface area contributed by atoms with Crippen molar-refractivity contribution in [3.05, 3.63) is 35.4 Å². The Morgan fingerprint density at radius 1 is 1.50 bits per heavy atom. The zero-order valence-electron chi connectivity index (χ0n) is 9.62. The average molecular weight is 218 g/mol. The minimum atomic E-state index is 0.0613. The summed E-state index contributed by atoms with van der Waals surface area (Å²) in [6.45, 7) is 3.96. The van der Waals surface area contributed by atoms with E-state index in [0.29, 0.717) is 0 Å². The lowest BCUT2D eigenvalue weighted by atomic mass is 10.0. The molecule has 2 rings (SSSR count). The van der Waals surface area contributed by atoms with Gasteiger partial charge in [0.15, 0.2) is 0 Å². The van der Waals surface area contributed by atoms with Crippen LogP contribution in [0.5, 0.6) is 0 Å². The summed E-state index contributed by atoms with van der Waals surface area (Å²) in [5, 5.41) is 6.31. The van der Waals surface area contributed by atoms with Gasteiger partial charge in [0.05, 0.1) is 0 Å². The van der Waals surface area contributed by atoms with E-state index in [2.05, 4.69) is 17.6 Å². The maximum atomic E-state index is 12.0. The van der Waals surface area contributed by atoms with Gasteiger partial charge < -0.3 is 10.6 Å². The maximum absolute atomic E-state index is 12.0. The van der Waals surface area contributed by atoms with Crippen LogP contribution in [-0.4, -0.2) is 25.0 Å². The molecule has 1 saturated heterocycles. The van der Waals surface area contributed by atoms with Gasteiger partial charge in [0, 0.05) is 18.2 Å². The molecule has 1 aliphatic heterocycles. The summed E-state index contributed by atoms with van der Waals surface area (Å²) in [7, 11) is 0. The van der Waals surface area contributed by atoms with E-state index in [0.717, 1.165) is 37.1 Å². The van der Waals surface area contributed by atoms with Crippen molar-refractivity contribution in [2.45, 2.75) is 25.8 Å². The van der Waals surface area contributed by atoms with Crippen molar-refractivity contribution in [3.8, 4) is 0 Å². The van der Waals surface area contributed by atoms with E-state index in [1.807, 2.05) is 24.3 Å². The number of carbonyl (C=O) groups excluding carboxylic acids is 1. The topological polar surface area (TPSA) is 41.1 Å². The standard InChI is InChI=1S/C13H18N2O/c1-2-10-5-3-4-6-12(10)13(16)15-11-7-8-14-9-11/h3-6,11,14H,2,7-9H2,1H3,(H,15,16)/t11-/m1/s1. The van der Waals surface area contributed by atoms with Crippen molar-refractivity contribution >= 4 is 5.91 Å². The SMILES string of the molecule is CCc1ccccc1C(=O)N[C@@H]1CCNC1. The van der Waals surface area contributed by atoms with Crippen LogP contribution in [0.1, 0.15) is 29.3 Å². The van der Waals surface area contributed by atoms with Gasteiger partial charge in [-0.1, -0.05) is 25.1 Å². The Labute approximate surface area is 96.2 Å². The molecule has 1 aromatic rings. The van der Waals surface area contributed by atoms with Crippen molar-refractivity contribution in [2.75, 3.05) is 13.1 Å². The highest BCUT2D eigenvalue weighted by Crippen LogP contribution is 2.10. The Morgan fingerprint density at radius 3 is 3.00 bits per heavy atom. The molecule has 0 bridgehead atoms. The van der Waals surface area contributed by atoms with E-state index in [1.54, 1.807) is 0 Å². The van der Waals surface area contributed by atoms with E-state index < -0.39 is 0 Å². The van der Waals surface area contributed by atoms with Crippen LogP contribution < -0.4 is 10.6 Å². The first-order chi connectivity index (χ1) is 7.81. The summed E-state index contributed by atoms with van der Waals surface area (Å²) in [5.41, 5.74) is 1.93. The zero-order valence-corrected chi connectivity index (χ0v) is 9.62. The highest BCUT2D eigenvalue weighted by molar-refractivity contribution is 5.95. The molecule has 0 saturated carbocycles. The molecule has 0 radical (unpaired) electrons. The van der Waals surface area contributed by atoms with Crippen molar-refractivity contribution in [1.29, 1.82) is 0 Å². The second-order valence-corrected chi connectivity index (χ2v) is 4.17. The minimum absolute atomic E-state index is 0.0613. The average Bonchev–Trinajstić information content (AvgIpc) is 2.81. The van der Waals surface area contributed by atoms with Crippen LogP contribution in [0, 0.1) is 0 Å². The monoisotopic (exact) mass is 218 g/mol. The third-order valence-corrected chi connectivity index (χ3v) is 3.04. The third kappa shape index (κ3) is 2.42. The number of hydrogen-bond acceptors (Lipinski definition) is 2. The molecule has 16 heavy (non-hydrogen) atoms. The molecule has 3 nitrogen and oxygen atoms in total.